The Bertz CT molecular complexity index is 58.9. The summed E-state index contributed by atoms with van der Waals surface area (Å²) in [6.45, 7) is 1.84. The summed E-state index contributed by atoms with van der Waals surface area (Å²) < 4.78 is 0. The molecule has 0 heterocycles. The van der Waals surface area contributed by atoms with Crippen molar-refractivity contribution in [1.82, 2.24) is 0 Å². The van der Waals surface area contributed by atoms with E-state index < -0.39 is 5.97 Å². The second-order valence-electron chi connectivity index (χ2n) is 1.14. The summed E-state index contributed by atoms with van der Waals surface area (Å²) in [5.74, 6) is -0.711. The van der Waals surface area contributed by atoms with Crippen molar-refractivity contribution >= 4 is 56.3 Å². The maximum absolute atomic E-state index is 9.60. The van der Waals surface area contributed by atoms with E-state index in [-0.39, 0.29) is 37.7 Å². The van der Waals surface area contributed by atoms with Crippen molar-refractivity contribution < 1.29 is 9.90 Å². The Kier molecular flexibility index (Phi) is 29.5. The van der Waals surface area contributed by atoms with E-state index in [2.05, 4.69) is 12.6 Å². The van der Waals surface area contributed by atoms with Crippen LogP contribution in [0.2, 0.25) is 0 Å². The van der Waals surface area contributed by atoms with E-state index in [4.69, 9.17) is 5.11 Å². The third-order valence-electron chi connectivity index (χ3n) is 0.464. The Morgan fingerprint density at radius 1 is 1.56 bits per heavy atom. The van der Waals surface area contributed by atoms with Gasteiger partial charge in [-0.25, -0.2) is 0 Å². The average Bonchev–Trinajstić information content (AvgIpc) is 1.72. The minimum absolute atomic E-state index is 0. The Labute approximate surface area is 91.4 Å². The van der Waals surface area contributed by atoms with Gasteiger partial charge in [0.05, 0.1) is 0 Å². The molecule has 0 spiro atoms. The standard InChI is InChI=1S/C4H8O2.CH4S.Ca.2H/c1-2-3-4(5)6;1-2;;;/h2-3H2,1H3,(H,5,6);2H,1H3;;;. The topological polar surface area (TPSA) is 37.3 Å². The van der Waals surface area contributed by atoms with Crippen LogP contribution in [0.3, 0.4) is 0 Å². The van der Waals surface area contributed by atoms with Gasteiger partial charge in [-0.1, -0.05) is 6.92 Å². The fourth-order valence-electron chi connectivity index (χ4n) is 0.214. The number of aliphatic carboxylic acids is 1. The molecule has 54 valence electrons. The Morgan fingerprint density at radius 2 is 1.89 bits per heavy atom. The van der Waals surface area contributed by atoms with Crippen LogP contribution in [0.5, 0.6) is 0 Å². The second kappa shape index (κ2) is 16.0. The predicted octanol–water partition coefficient (Wildman–Crippen LogP) is 0.501. The minimum atomic E-state index is -0.711. The summed E-state index contributed by atoms with van der Waals surface area (Å²) in [7, 11) is 0. The molecule has 0 fully saturated rings. The molecular weight excluding hydrogens is 164 g/mol. The van der Waals surface area contributed by atoms with E-state index in [1.165, 1.54) is 0 Å². The van der Waals surface area contributed by atoms with Crippen LogP contribution in [0.1, 0.15) is 19.8 Å². The third-order valence-corrected chi connectivity index (χ3v) is 0.464. The number of thiol groups is 1. The number of hydrogen-bond acceptors (Lipinski definition) is 2. The van der Waals surface area contributed by atoms with E-state index in [9.17, 15) is 4.79 Å². The first kappa shape index (κ1) is 16.6. The van der Waals surface area contributed by atoms with Crippen molar-refractivity contribution in [2.45, 2.75) is 19.8 Å². The van der Waals surface area contributed by atoms with Gasteiger partial charge < -0.3 is 5.11 Å². The molecule has 0 atom stereocenters. The molecule has 0 saturated carbocycles. The molecule has 0 aliphatic rings. The summed E-state index contributed by atoms with van der Waals surface area (Å²) in [5, 5.41) is 7.91. The van der Waals surface area contributed by atoms with E-state index in [0.717, 1.165) is 6.42 Å². The molecule has 0 unspecified atom stereocenters. The van der Waals surface area contributed by atoms with Gasteiger partial charge in [-0.3, -0.25) is 4.79 Å². The maximum atomic E-state index is 9.60. The van der Waals surface area contributed by atoms with Crippen molar-refractivity contribution in [3.63, 3.8) is 0 Å². The molecule has 0 aliphatic carbocycles. The normalized spacial score (nSPS) is 6.11. The first-order valence-corrected chi connectivity index (χ1v) is 3.33. The van der Waals surface area contributed by atoms with Crippen LogP contribution in [0.4, 0.5) is 0 Å². The van der Waals surface area contributed by atoms with Gasteiger partial charge in [-0.2, -0.15) is 12.6 Å². The van der Waals surface area contributed by atoms with Gasteiger partial charge in [-0.15, -0.1) is 0 Å². The van der Waals surface area contributed by atoms with Crippen LogP contribution in [0, 0.1) is 0 Å². The number of hydrogen-bond donors (Lipinski definition) is 2. The van der Waals surface area contributed by atoms with Crippen LogP contribution >= 0.6 is 12.6 Å². The monoisotopic (exact) mass is 178 g/mol. The molecule has 0 aromatic carbocycles. The Hall–Kier alpha value is 1.08. The molecule has 0 rings (SSSR count). The van der Waals surface area contributed by atoms with Crippen LogP contribution in [0.25, 0.3) is 0 Å². The van der Waals surface area contributed by atoms with Crippen LogP contribution < -0.4 is 0 Å². The summed E-state index contributed by atoms with van der Waals surface area (Å²) in [4.78, 5) is 9.60. The fraction of sp³-hybridized carbons (Fsp3) is 0.800. The van der Waals surface area contributed by atoms with Crippen molar-refractivity contribution in [2.75, 3.05) is 6.26 Å². The average molecular weight is 178 g/mol. The van der Waals surface area contributed by atoms with Crippen LogP contribution in [0.15, 0.2) is 0 Å². The fourth-order valence-corrected chi connectivity index (χ4v) is 0.214. The van der Waals surface area contributed by atoms with Crippen LogP contribution in [-0.4, -0.2) is 55.1 Å². The summed E-state index contributed by atoms with van der Waals surface area (Å²) in [5.41, 5.74) is 0. The van der Waals surface area contributed by atoms with Gasteiger partial charge in [0, 0.05) is 6.42 Å². The van der Waals surface area contributed by atoms with Gasteiger partial charge in [0.25, 0.3) is 0 Å². The molecular formula is C5H14CaO2S. The van der Waals surface area contributed by atoms with E-state index in [0.29, 0.717) is 6.42 Å². The predicted molar refractivity (Wildman–Crippen MR) is 46.0 cm³/mol. The zero-order valence-corrected chi connectivity index (χ0v) is 6.11. The van der Waals surface area contributed by atoms with Crippen molar-refractivity contribution in [3.05, 3.63) is 0 Å². The van der Waals surface area contributed by atoms with Crippen molar-refractivity contribution in [2.24, 2.45) is 0 Å². The van der Waals surface area contributed by atoms with Gasteiger partial charge in [0.1, 0.15) is 0 Å². The Morgan fingerprint density at radius 3 is 1.89 bits per heavy atom. The second-order valence-corrected chi connectivity index (χ2v) is 1.14. The molecule has 0 bridgehead atoms. The Balaban J connectivity index is -0.000000109. The van der Waals surface area contributed by atoms with E-state index in [1.54, 1.807) is 6.26 Å². The van der Waals surface area contributed by atoms with Gasteiger partial charge >= 0.3 is 43.7 Å². The molecule has 9 heavy (non-hydrogen) atoms. The number of carboxylic acids is 1. The SMILES string of the molecule is CCCC(=O)O.CS.[CaH2]. The van der Waals surface area contributed by atoms with E-state index in [1.807, 2.05) is 6.92 Å². The van der Waals surface area contributed by atoms with Crippen molar-refractivity contribution in [1.29, 1.82) is 0 Å². The van der Waals surface area contributed by atoms with E-state index >= 15 is 0 Å². The summed E-state index contributed by atoms with van der Waals surface area (Å²) in [6.07, 6.45) is 2.72. The van der Waals surface area contributed by atoms with Crippen molar-refractivity contribution in [3.8, 4) is 0 Å². The molecule has 0 aliphatic heterocycles. The number of carboxylic acid groups (broad SMARTS) is 1. The molecule has 0 amide bonds. The summed E-state index contributed by atoms with van der Waals surface area (Å²) >= 11 is 3.53. The molecule has 0 saturated heterocycles. The third kappa shape index (κ3) is 27.3. The first-order valence-electron chi connectivity index (χ1n) is 2.44. The quantitative estimate of drug-likeness (QED) is 0.477. The zero-order valence-electron chi connectivity index (χ0n) is 5.22. The molecule has 0 aromatic heterocycles. The molecule has 1 N–H and O–H groups in total. The zero-order chi connectivity index (χ0) is 6.99. The van der Waals surface area contributed by atoms with Gasteiger partial charge in [0.15, 0.2) is 0 Å². The number of rotatable bonds is 2. The van der Waals surface area contributed by atoms with Gasteiger partial charge in [0.2, 0.25) is 0 Å². The molecule has 2 nitrogen and oxygen atoms in total. The van der Waals surface area contributed by atoms with Crippen LogP contribution in [-0.2, 0) is 4.79 Å². The molecule has 4 heteroatoms. The van der Waals surface area contributed by atoms with Gasteiger partial charge in [-0.05, 0) is 12.7 Å². The molecule has 0 radical (unpaired) electrons. The molecule has 0 aromatic rings. The first-order chi connectivity index (χ1) is 3.77. The summed E-state index contributed by atoms with van der Waals surface area (Å²) in [6, 6.07) is 0. The number of carbonyl (C=O) groups is 1.